The summed E-state index contributed by atoms with van der Waals surface area (Å²) in [5.74, 6) is 0.915. The van der Waals surface area contributed by atoms with E-state index in [2.05, 4.69) is 10.1 Å². The minimum atomic E-state index is -0.746. The number of ether oxygens (including phenoxy) is 1. The number of aliphatic carboxylic acids is 1. The Kier molecular flexibility index (Phi) is 3.97. The molecule has 116 valence electrons. The van der Waals surface area contributed by atoms with E-state index in [-0.39, 0.29) is 17.9 Å². The van der Waals surface area contributed by atoms with E-state index in [1.165, 1.54) is 0 Å². The van der Waals surface area contributed by atoms with E-state index in [1.807, 2.05) is 0 Å². The van der Waals surface area contributed by atoms with Crippen LogP contribution in [-0.2, 0) is 16.0 Å². The Hall–Kier alpha value is -1.43. The molecule has 6 heteroatoms. The van der Waals surface area contributed by atoms with Gasteiger partial charge >= 0.3 is 5.97 Å². The van der Waals surface area contributed by atoms with Crippen molar-refractivity contribution in [2.24, 2.45) is 11.3 Å². The molecule has 1 unspecified atom stereocenters. The zero-order valence-electron chi connectivity index (χ0n) is 12.4. The summed E-state index contributed by atoms with van der Waals surface area (Å²) in [7, 11) is 1.67. The topological polar surface area (TPSA) is 85.5 Å². The number of carboxylic acid groups (broad SMARTS) is 1. The highest BCUT2D eigenvalue weighted by Gasteiger charge is 2.39. The fraction of sp³-hybridized carbons (Fsp3) is 0.800. The van der Waals surface area contributed by atoms with Gasteiger partial charge in [-0.1, -0.05) is 18.0 Å². The van der Waals surface area contributed by atoms with E-state index in [4.69, 9.17) is 14.4 Å². The molecule has 0 amide bonds. The molecule has 2 saturated carbocycles. The fourth-order valence-corrected chi connectivity index (χ4v) is 3.55. The average molecular weight is 294 g/mol. The largest absolute Gasteiger partial charge is 0.481 e. The van der Waals surface area contributed by atoms with Gasteiger partial charge in [-0.3, -0.25) is 4.79 Å². The van der Waals surface area contributed by atoms with E-state index in [0.717, 1.165) is 38.5 Å². The van der Waals surface area contributed by atoms with Gasteiger partial charge in [0, 0.05) is 13.5 Å². The van der Waals surface area contributed by atoms with Crippen LogP contribution in [0.15, 0.2) is 4.52 Å². The van der Waals surface area contributed by atoms with Gasteiger partial charge in [0.25, 0.3) is 0 Å². The van der Waals surface area contributed by atoms with E-state index < -0.39 is 5.97 Å². The highest BCUT2D eigenvalue weighted by atomic mass is 16.5. The lowest BCUT2D eigenvalue weighted by molar-refractivity contribution is -0.139. The molecule has 0 aliphatic heterocycles. The molecule has 1 N–H and O–H groups in total. The minimum absolute atomic E-state index is 0.0819. The van der Waals surface area contributed by atoms with Crippen molar-refractivity contribution in [3.05, 3.63) is 11.7 Å². The number of carbonyl (C=O) groups is 1. The van der Waals surface area contributed by atoms with Crippen LogP contribution in [0.4, 0.5) is 0 Å². The Morgan fingerprint density at radius 2 is 2.19 bits per heavy atom. The van der Waals surface area contributed by atoms with Gasteiger partial charge < -0.3 is 14.4 Å². The summed E-state index contributed by atoms with van der Waals surface area (Å²) in [5, 5.41) is 13.2. The molecule has 3 rings (SSSR count). The van der Waals surface area contributed by atoms with Gasteiger partial charge in [-0.15, -0.1) is 0 Å². The molecule has 1 aromatic heterocycles. The molecule has 1 aromatic rings. The normalized spacial score (nSPS) is 22.3. The molecule has 6 nitrogen and oxygen atoms in total. The van der Waals surface area contributed by atoms with Gasteiger partial charge in [-0.05, 0) is 37.0 Å². The molecular formula is C15H22N2O4. The maximum Gasteiger partial charge on any atom is 0.303 e. The van der Waals surface area contributed by atoms with E-state index in [0.29, 0.717) is 24.1 Å². The predicted octanol–water partition coefficient (Wildman–Crippen LogP) is 2.74. The molecular weight excluding hydrogens is 272 g/mol. The number of methoxy groups -OCH3 is 1. The predicted molar refractivity (Wildman–Crippen MR) is 73.6 cm³/mol. The first kappa shape index (κ1) is 14.5. The van der Waals surface area contributed by atoms with Gasteiger partial charge in [-0.25, -0.2) is 0 Å². The number of rotatable bonds is 7. The molecule has 0 aromatic carbocycles. The summed E-state index contributed by atoms with van der Waals surface area (Å²) in [6.07, 6.45) is 6.96. The first-order valence-electron chi connectivity index (χ1n) is 7.69. The monoisotopic (exact) mass is 294 g/mol. The van der Waals surface area contributed by atoms with Crippen molar-refractivity contribution in [1.82, 2.24) is 10.1 Å². The summed E-state index contributed by atoms with van der Waals surface area (Å²) in [5.41, 5.74) is -0.211. The highest BCUT2D eigenvalue weighted by Crippen LogP contribution is 2.45. The fourth-order valence-electron chi connectivity index (χ4n) is 3.55. The summed E-state index contributed by atoms with van der Waals surface area (Å²) in [6, 6.07) is 0. The second-order valence-electron chi connectivity index (χ2n) is 6.49. The van der Waals surface area contributed by atoms with Crippen LogP contribution in [0.2, 0.25) is 0 Å². The lowest BCUT2D eigenvalue weighted by Crippen LogP contribution is -2.24. The maximum absolute atomic E-state index is 11.1. The summed E-state index contributed by atoms with van der Waals surface area (Å²) >= 11 is 0. The zero-order chi connectivity index (χ0) is 14.9. The lowest BCUT2D eigenvalue weighted by atomic mass is 9.79. The van der Waals surface area contributed by atoms with Crippen molar-refractivity contribution >= 4 is 5.97 Å². The van der Waals surface area contributed by atoms with Crippen LogP contribution in [0.5, 0.6) is 0 Å². The second-order valence-corrected chi connectivity index (χ2v) is 6.49. The van der Waals surface area contributed by atoms with Crippen LogP contribution < -0.4 is 0 Å². The molecule has 1 atom stereocenters. The zero-order valence-corrected chi connectivity index (χ0v) is 12.4. The lowest BCUT2D eigenvalue weighted by Gasteiger charge is -2.24. The number of hydrogen-bond donors (Lipinski definition) is 1. The van der Waals surface area contributed by atoms with Crippen molar-refractivity contribution in [1.29, 1.82) is 0 Å². The molecule has 0 spiro atoms. The van der Waals surface area contributed by atoms with Crippen molar-refractivity contribution < 1.29 is 19.2 Å². The number of nitrogens with zero attached hydrogens (tertiary/aromatic N) is 2. The molecule has 2 aliphatic rings. The van der Waals surface area contributed by atoms with Gasteiger partial charge in [0.2, 0.25) is 11.7 Å². The van der Waals surface area contributed by atoms with Crippen LogP contribution in [0.1, 0.15) is 62.8 Å². The Morgan fingerprint density at radius 1 is 1.48 bits per heavy atom. The second kappa shape index (κ2) is 5.75. The summed E-state index contributed by atoms with van der Waals surface area (Å²) in [6.45, 7) is 0. The summed E-state index contributed by atoms with van der Waals surface area (Å²) < 4.78 is 10.8. The SMILES string of the molecule is COC(c1noc(CC2(CC(=O)O)CCCC2)n1)C1CC1. The van der Waals surface area contributed by atoms with Crippen molar-refractivity contribution in [2.45, 2.75) is 57.5 Å². The molecule has 2 fully saturated rings. The average Bonchev–Trinajstić information content (AvgIpc) is 2.99. The Bertz CT molecular complexity index is 504. The van der Waals surface area contributed by atoms with Crippen LogP contribution in [0.3, 0.4) is 0 Å². The van der Waals surface area contributed by atoms with Gasteiger partial charge in [0.15, 0.2) is 0 Å². The van der Waals surface area contributed by atoms with Crippen LogP contribution in [0, 0.1) is 11.3 Å². The number of hydrogen-bond acceptors (Lipinski definition) is 5. The number of carboxylic acids is 1. The van der Waals surface area contributed by atoms with E-state index >= 15 is 0 Å². The van der Waals surface area contributed by atoms with Crippen LogP contribution >= 0.6 is 0 Å². The van der Waals surface area contributed by atoms with Crippen molar-refractivity contribution in [3.63, 3.8) is 0 Å². The Balaban J connectivity index is 1.71. The van der Waals surface area contributed by atoms with E-state index in [9.17, 15) is 4.79 Å². The van der Waals surface area contributed by atoms with Gasteiger partial charge in [-0.2, -0.15) is 4.98 Å². The molecule has 1 heterocycles. The standard InChI is InChI=1S/C15H22N2O4/c1-20-13(10-4-5-10)14-16-11(21-17-14)8-15(9-12(18)19)6-2-3-7-15/h10,13H,2-9H2,1H3,(H,18,19). The Morgan fingerprint density at radius 3 is 2.76 bits per heavy atom. The minimum Gasteiger partial charge on any atom is -0.481 e. The van der Waals surface area contributed by atoms with Crippen molar-refractivity contribution in [2.75, 3.05) is 7.11 Å². The molecule has 0 saturated heterocycles. The smallest absolute Gasteiger partial charge is 0.303 e. The van der Waals surface area contributed by atoms with Crippen LogP contribution in [0.25, 0.3) is 0 Å². The molecule has 21 heavy (non-hydrogen) atoms. The quantitative estimate of drug-likeness (QED) is 0.832. The first-order valence-corrected chi connectivity index (χ1v) is 7.69. The van der Waals surface area contributed by atoms with Crippen LogP contribution in [-0.4, -0.2) is 28.3 Å². The molecule has 0 radical (unpaired) electrons. The molecule has 2 aliphatic carbocycles. The third-order valence-corrected chi connectivity index (χ3v) is 4.76. The third kappa shape index (κ3) is 3.26. The summed E-state index contributed by atoms with van der Waals surface area (Å²) in [4.78, 5) is 15.6. The first-order chi connectivity index (χ1) is 10.1. The number of aromatic nitrogens is 2. The third-order valence-electron chi connectivity index (χ3n) is 4.76. The van der Waals surface area contributed by atoms with E-state index in [1.54, 1.807) is 7.11 Å². The Labute approximate surface area is 123 Å². The van der Waals surface area contributed by atoms with Gasteiger partial charge in [0.05, 0.1) is 6.42 Å². The van der Waals surface area contributed by atoms with Gasteiger partial charge in [0.1, 0.15) is 6.10 Å². The molecule has 0 bridgehead atoms. The highest BCUT2D eigenvalue weighted by molar-refractivity contribution is 5.67. The van der Waals surface area contributed by atoms with Crippen molar-refractivity contribution in [3.8, 4) is 0 Å². The maximum atomic E-state index is 11.1.